The normalized spacial score (nSPS) is 20.1. The molecule has 28 heavy (non-hydrogen) atoms. The van der Waals surface area contributed by atoms with Crippen molar-refractivity contribution in [3.05, 3.63) is 63.8 Å². The third kappa shape index (κ3) is 2.80. The molecule has 3 heterocycles. The van der Waals surface area contributed by atoms with Crippen LogP contribution in [0.3, 0.4) is 0 Å². The van der Waals surface area contributed by atoms with Crippen LogP contribution in [0, 0.1) is 6.92 Å². The first kappa shape index (κ1) is 17.1. The van der Waals surface area contributed by atoms with E-state index >= 15 is 0 Å². The van der Waals surface area contributed by atoms with E-state index in [4.69, 9.17) is 5.10 Å². The van der Waals surface area contributed by atoms with Crippen LogP contribution in [0.25, 0.3) is 22.1 Å². The van der Waals surface area contributed by atoms with Gasteiger partial charge in [0.2, 0.25) is 0 Å². The maximum Gasteiger partial charge on any atom is 0.253 e. The highest BCUT2D eigenvalue weighted by atomic mass is 16.1. The molecule has 1 aliphatic carbocycles. The van der Waals surface area contributed by atoms with Crippen LogP contribution in [0.15, 0.2) is 41.3 Å². The lowest BCUT2D eigenvalue weighted by Crippen LogP contribution is -2.21. The lowest BCUT2D eigenvalue weighted by atomic mass is 9.77. The first-order valence-corrected chi connectivity index (χ1v) is 9.88. The van der Waals surface area contributed by atoms with Gasteiger partial charge in [0.15, 0.2) is 5.65 Å². The molecule has 0 radical (unpaired) electrons. The Hall–Kier alpha value is -3.02. The topological polar surface area (TPSA) is 76.5 Å². The monoisotopic (exact) mass is 373 g/mol. The van der Waals surface area contributed by atoms with E-state index < -0.39 is 0 Å². The van der Waals surface area contributed by atoms with E-state index in [1.807, 2.05) is 24.7 Å². The van der Waals surface area contributed by atoms with Crippen molar-refractivity contribution in [2.45, 2.75) is 44.4 Å². The van der Waals surface area contributed by atoms with Crippen molar-refractivity contribution in [3.63, 3.8) is 0 Å². The average molecular weight is 373 g/mol. The number of H-pyrrole nitrogens is 1. The predicted octanol–water partition coefficient (Wildman–Crippen LogP) is 3.95. The van der Waals surface area contributed by atoms with Crippen molar-refractivity contribution in [2.75, 3.05) is 0 Å². The van der Waals surface area contributed by atoms with Gasteiger partial charge in [0, 0.05) is 30.1 Å². The van der Waals surface area contributed by atoms with Crippen molar-refractivity contribution >= 4 is 22.1 Å². The second kappa shape index (κ2) is 6.55. The first-order valence-electron chi connectivity index (χ1n) is 9.88. The van der Waals surface area contributed by atoms with Crippen molar-refractivity contribution in [1.82, 2.24) is 24.7 Å². The fraction of sp³-hybridized carbons (Fsp3) is 0.364. The first-order chi connectivity index (χ1) is 13.6. The van der Waals surface area contributed by atoms with Crippen molar-refractivity contribution in [1.29, 1.82) is 0 Å². The molecule has 0 atom stereocenters. The number of aryl methyl sites for hydroxylation is 2. The molecule has 0 bridgehead atoms. The van der Waals surface area contributed by atoms with Crippen LogP contribution >= 0.6 is 0 Å². The summed E-state index contributed by atoms with van der Waals surface area (Å²) < 4.78 is 1.98. The molecule has 0 amide bonds. The summed E-state index contributed by atoms with van der Waals surface area (Å²) in [6, 6.07) is 10.4. The van der Waals surface area contributed by atoms with Crippen molar-refractivity contribution < 1.29 is 0 Å². The number of fused-ring (bicyclic) bond motifs is 2. The Morgan fingerprint density at radius 3 is 2.68 bits per heavy atom. The minimum Gasteiger partial charge on any atom is -0.305 e. The molecule has 1 aromatic carbocycles. The van der Waals surface area contributed by atoms with E-state index in [2.05, 4.69) is 39.2 Å². The molecule has 5 rings (SSSR count). The largest absolute Gasteiger partial charge is 0.305 e. The summed E-state index contributed by atoms with van der Waals surface area (Å²) in [5.41, 5.74) is 5.33. The van der Waals surface area contributed by atoms with Crippen LogP contribution in [0.5, 0.6) is 0 Å². The molecule has 6 heteroatoms. The number of nitrogens with one attached hydrogen (secondary N) is 1. The third-order valence-electron chi connectivity index (χ3n) is 6.05. The van der Waals surface area contributed by atoms with Gasteiger partial charge in [-0.1, -0.05) is 18.2 Å². The van der Waals surface area contributed by atoms with E-state index in [1.54, 1.807) is 6.20 Å². The van der Waals surface area contributed by atoms with Gasteiger partial charge in [0.1, 0.15) is 5.52 Å². The smallest absolute Gasteiger partial charge is 0.253 e. The summed E-state index contributed by atoms with van der Waals surface area (Å²) in [4.78, 5) is 24.4. The highest BCUT2D eigenvalue weighted by Gasteiger charge is 2.28. The van der Waals surface area contributed by atoms with Crippen LogP contribution in [0.4, 0.5) is 0 Å². The SMILES string of the molecule is Cc1cnc2cc(C3CCC(c4nn(C)c5ccccc45)CC3)c(=O)[nH]c2n1. The van der Waals surface area contributed by atoms with Gasteiger partial charge in [0.25, 0.3) is 5.56 Å². The van der Waals surface area contributed by atoms with Gasteiger partial charge < -0.3 is 4.98 Å². The molecule has 1 N–H and O–H groups in total. The number of benzene rings is 1. The maximum atomic E-state index is 12.6. The maximum absolute atomic E-state index is 12.6. The molecule has 1 saturated carbocycles. The van der Waals surface area contributed by atoms with Crippen molar-refractivity contribution in [2.24, 2.45) is 7.05 Å². The quantitative estimate of drug-likeness (QED) is 0.577. The number of rotatable bonds is 2. The highest BCUT2D eigenvalue weighted by molar-refractivity contribution is 5.82. The number of aromatic nitrogens is 5. The van der Waals surface area contributed by atoms with Crippen LogP contribution in [0.2, 0.25) is 0 Å². The number of hydrogen-bond acceptors (Lipinski definition) is 4. The van der Waals surface area contributed by atoms with Gasteiger partial charge in [-0.3, -0.25) is 14.5 Å². The van der Waals surface area contributed by atoms with Crippen LogP contribution < -0.4 is 5.56 Å². The molecule has 6 nitrogen and oxygen atoms in total. The summed E-state index contributed by atoms with van der Waals surface area (Å²) in [6.07, 6.45) is 5.81. The second-order valence-electron chi connectivity index (χ2n) is 7.87. The number of para-hydroxylation sites is 1. The molecule has 0 unspecified atom stereocenters. The molecule has 4 aromatic rings. The fourth-order valence-electron chi connectivity index (χ4n) is 4.60. The molecule has 142 valence electrons. The van der Waals surface area contributed by atoms with E-state index in [0.717, 1.165) is 42.5 Å². The summed E-state index contributed by atoms with van der Waals surface area (Å²) in [5, 5.41) is 6.06. The average Bonchev–Trinajstić information content (AvgIpc) is 3.05. The van der Waals surface area contributed by atoms with Gasteiger partial charge >= 0.3 is 0 Å². The van der Waals surface area contributed by atoms with Gasteiger partial charge in [-0.2, -0.15) is 5.10 Å². The summed E-state index contributed by atoms with van der Waals surface area (Å²) in [5.74, 6) is 0.715. The summed E-state index contributed by atoms with van der Waals surface area (Å²) >= 11 is 0. The minimum atomic E-state index is -0.0286. The molecule has 3 aromatic heterocycles. The highest BCUT2D eigenvalue weighted by Crippen LogP contribution is 2.41. The van der Waals surface area contributed by atoms with Gasteiger partial charge in [-0.15, -0.1) is 0 Å². The molecular weight excluding hydrogens is 350 g/mol. The van der Waals surface area contributed by atoms with E-state index in [-0.39, 0.29) is 11.5 Å². The Labute approximate surface area is 162 Å². The number of pyridine rings is 1. The fourth-order valence-corrected chi connectivity index (χ4v) is 4.60. The zero-order valence-electron chi connectivity index (χ0n) is 16.1. The molecule has 0 spiro atoms. The van der Waals surface area contributed by atoms with E-state index in [9.17, 15) is 4.79 Å². The number of aromatic amines is 1. The third-order valence-corrected chi connectivity index (χ3v) is 6.05. The zero-order valence-corrected chi connectivity index (χ0v) is 16.1. The Balaban J connectivity index is 1.41. The summed E-state index contributed by atoms with van der Waals surface area (Å²) in [6.45, 7) is 1.88. The van der Waals surface area contributed by atoms with Crippen molar-refractivity contribution in [3.8, 4) is 0 Å². The Morgan fingerprint density at radius 2 is 1.86 bits per heavy atom. The zero-order chi connectivity index (χ0) is 19.3. The van der Waals surface area contributed by atoms with Crippen LogP contribution in [-0.2, 0) is 7.05 Å². The Kier molecular flexibility index (Phi) is 4.00. The molecular formula is C22H23N5O. The van der Waals surface area contributed by atoms with Gasteiger partial charge in [-0.25, -0.2) is 4.98 Å². The molecule has 0 aliphatic heterocycles. The lowest BCUT2D eigenvalue weighted by molar-refractivity contribution is 0.389. The molecule has 0 saturated heterocycles. The number of nitrogens with zero attached hydrogens (tertiary/aromatic N) is 4. The standard InChI is InChI=1S/C22H23N5O/c1-13-12-23-18-11-17(22(28)25-21(18)24-13)14-7-9-15(10-8-14)20-16-5-3-4-6-19(16)27(2)26-20/h3-6,11-12,14-15H,7-10H2,1-2H3,(H,24,25,28). The van der Waals surface area contributed by atoms with E-state index in [1.165, 1.54) is 16.6 Å². The van der Waals surface area contributed by atoms with Crippen LogP contribution in [-0.4, -0.2) is 24.7 Å². The van der Waals surface area contributed by atoms with Gasteiger partial charge in [-0.05, 0) is 50.7 Å². The second-order valence-corrected chi connectivity index (χ2v) is 7.87. The minimum absolute atomic E-state index is 0.0286. The molecule has 1 fully saturated rings. The summed E-state index contributed by atoms with van der Waals surface area (Å²) in [7, 11) is 2.01. The predicted molar refractivity (Wildman–Crippen MR) is 110 cm³/mol. The van der Waals surface area contributed by atoms with E-state index in [0.29, 0.717) is 11.6 Å². The Morgan fingerprint density at radius 1 is 1.11 bits per heavy atom. The van der Waals surface area contributed by atoms with Gasteiger partial charge in [0.05, 0.1) is 16.9 Å². The van der Waals surface area contributed by atoms with Crippen LogP contribution in [0.1, 0.15) is 54.5 Å². The Bertz CT molecular complexity index is 1230. The lowest BCUT2D eigenvalue weighted by Gasteiger charge is -2.27. The number of hydrogen-bond donors (Lipinski definition) is 1. The molecule has 1 aliphatic rings.